The minimum absolute atomic E-state index is 0.0278. The molecule has 3 rings (SSSR count). The molecule has 1 amide bonds. The smallest absolute Gasteiger partial charge is 0.352 e. The van der Waals surface area contributed by atoms with E-state index in [1.54, 1.807) is 11.1 Å². The summed E-state index contributed by atoms with van der Waals surface area (Å²) in [5.74, 6) is 0.348. The highest BCUT2D eigenvalue weighted by Gasteiger charge is 2.30. The summed E-state index contributed by atoms with van der Waals surface area (Å²) in [6.45, 7) is 6.86. The fourth-order valence-corrected chi connectivity index (χ4v) is 3.35. The first-order valence-electron chi connectivity index (χ1n) is 9.69. The van der Waals surface area contributed by atoms with Crippen LogP contribution in [-0.2, 0) is 23.9 Å². The third-order valence-corrected chi connectivity index (χ3v) is 5.00. The average molecular weight is 406 g/mol. The molecule has 29 heavy (non-hydrogen) atoms. The number of amides is 1. The number of aromatic nitrogens is 2. The second-order valence-corrected chi connectivity index (χ2v) is 7.75. The zero-order valence-corrected chi connectivity index (χ0v) is 16.8. The Labute approximate surface area is 168 Å². The van der Waals surface area contributed by atoms with Gasteiger partial charge in [-0.2, -0.15) is 13.2 Å². The van der Waals surface area contributed by atoms with Crippen LogP contribution >= 0.6 is 0 Å². The zero-order valence-electron chi connectivity index (χ0n) is 16.8. The molecule has 2 aromatic rings. The lowest BCUT2D eigenvalue weighted by atomic mass is 9.95. The number of halogens is 3. The molecule has 1 N–H and O–H groups in total. The van der Waals surface area contributed by atoms with Gasteiger partial charge in [-0.15, -0.1) is 0 Å². The van der Waals surface area contributed by atoms with Gasteiger partial charge in [0, 0.05) is 25.2 Å². The van der Waals surface area contributed by atoms with Crippen molar-refractivity contribution in [2.24, 2.45) is 0 Å². The van der Waals surface area contributed by atoms with Gasteiger partial charge in [0.1, 0.15) is 0 Å². The number of carbonyl (C=O) groups excluding carboxylic acids is 1. The van der Waals surface area contributed by atoms with Gasteiger partial charge in [0.05, 0.1) is 17.8 Å². The van der Waals surface area contributed by atoms with Gasteiger partial charge in [0.15, 0.2) is 0 Å². The molecule has 0 saturated carbocycles. The third-order valence-electron chi connectivity index (χ3n) is 5.00. The number of nitrogens with zero attached hydrogens (tertiary/aromatic N) is 3. The number of hydrogen-bond acceptors (Lipinski definition) is 4. The Morgan fingerprint density at radius 1 is 1.21 bits per heavy atom. The highest BCUT2D eigenvalue weighted by molar-refractivity contribution is 5.77. The lowest BCUT2D eigenvalue weighted by Crippen LogP contribution is -2.37. The molecule has 5 nitrogen and oxygen atoms in total. The molecular formula is C21H25F3N4O. The molecule has 0 aliphatic carbocycles. The minimum atomic E-state index is -4.36. The normalized spacial score (nSPS) is 15.2. The molecule has 1 aromatic carbocycles. The third kappa shape index (κ3) is 5.25. The van der Waals surface area contributed by atoms with Gasteiger partial charge in [0.25, 0.3) is 0 Å². The van der Waals surface area contributed by atoms with E-state index < -0.39 is 11.7 Å². The minimum Gasteiger partial charge on any atom is -0.352 e. The van der Waals surface area contributed by atoms with Gasteiger partial charge in [-0.3, -0.25) is 4.79 Å². The zero-order chi connectivity index (χ0) is 21.2. The van der Waals surface area contributed by atoms with E-state index in [1.165, 1.54) is 12.1 Å². The molecule has 156 valence electrons. The number of anilines is 1. The monoisotopic (exact) mass is 406 g/mol. The number of nitrogens with one attached hydrogen (secondary N) is 1. The van der Waals surface area contributed by atoms with Gasteiger partial charge in [0.2, 0.25) is 11.9 Å². The second-order valence-electron chi connectivity index (χ2n) is 7.75. The van der Waals surface area contributed by atoms with Crippen molar-refractivity contribution in [3.8, 4) is 0 Å². The summed E-state index contributed by atoms with van der Waals surface area (Å²) in [5, 5.41) is 3.16. The summed E-state index contributed by atoms with van der Waals surface area (Å²) in [6, 6.07) is 5.23. The van der Waals surface area contributed by atoms with E-state index in [-0.39, 0.29) is 24.3 Å². The van der Waals surface area contributed by atoms with Crippen LogP contribution < -0.4 is 5.32 Å². The molecule has 0 fully saturated rings. The Bertz CT molecular complexity index is 865. The molecule has 2 heterocycles. The molecule has 1 aromatic heterocycles. The highest BCUT2D eigenvalue weighted by atomic mass is 19.4. The van der Waals surface area contributed by atoms with Crippen LogP contribution in [0.2, 0.25) is 0 Å². The van der Waals surface area contributed by atoms with Crippen molar-refractivity contribution in [1.82, 2.24) is 14.9 Å². The molecule has 1 aliphatic heterocycles. The van der Waals surface area contributed by atoms with Crippen molar-refractivity contribution in [1.29, 1.82) is 0 Å². The van der Waals surface area contributed by atoms with Crippen molar-refractivity contribution in [2.45, 2.75) is 58.3 Å². The van der Waals surface area contributed by atoms with Crippen molar-refractivity contribution in [3.05, 3.63) is 52.8 Å². The standard InChI is InChI=1S/C21H25F3N4O/c1-13(2)26-20-25-11-16-8-9-28(12-18(16)27-20)19(29)10-14(3)15-4-6-17(7-5-15)21(22,23)24/h4-7,11,13-14H,8-10,12H2,1-3H3,(H,25,26,27). The van der Waals surface area contributed by atoms with E-state index in [0.29, 0.717) is 25.5 Å². The van der Waals surface area contributed by atoms with E-state index in [0.717, 1.165) is 29.0 Å². The lowest BCUT2D eigenvalue weighted by Gasteiger charge is -2.29. The van der Waals surface area contributed by atoms with Crippen LogP contribution in [-0.4, -0.2) is 33.4 Å². The van der Waals surface area contributed by atoms with Gasteiger partial charge >= 0.3 is 6.18 Å². The number of benzene rings is 1. The molecule has 0 spiro atoms. The largest absolute Gasteiger partial charge is 0.416 e. The second kappa shape index (κ2) is 8.39. The summed E-state index contributed by atoms with van der Waals surface area (Å²) in [6.07, 6.45) is -1.62. The number of carbonyl (C=O) groups is 1. The summed E-state index contributed by atoms with van der Waals surface area (Å²) in [5.41, 5.74) is 1.91. The van der Waals surface area contributed by atoms with Crippen LogP contribution in [0.3, 0.4) is 0 Å². The van der Waals surface area contributed by atoms with Crippen LogP contribution in [0.1, 0.15) is 55.5 Å². The molecule has 0 saturated heterocycles. The summed E-state index contributed by atoms with van der Waals surface area (Å²) >= 11 is 0. The fourth-order valence-electron chi connectivity index (χ4n) is 3.35. The summed E-state index contributed by atoms with van der Waals surface area (Å²) in [4.78, 5) is 23.4. The molecule has 1 atom stereocenters. The van der Waals surface area contributed by atoms with Gasteiger partial charge in [-0.1, -0.05) is 19.1 Å². The van der Waals surface area contributed by atoms with Gasteiger partial charge in [-0.05, 0) is 49.4 Å². The van der Waals surface area contributed by atoms with Gasteiger partial charge < -0.3 is 10.2 Å². The molecular weight excluding hydrogens is 381 g/mol. The number of alkyl halides is 3. The molecule has 0 bridgehead atoms. The van der Waals surface area contributed by atoms with Crippen LogP contribution in [0.15, 0.2) is 30.5 Å². The topological polar surface area (TPSA) is 58.1 Å². The first kappa shape index (κ1) is 21.1. The van der Waals surface area contributed by atoms with Crippen molar-refractivity contribution >= 4 is 11.9 Å². The quantitative estimate of drug-likeness (QED) is 0.800. The maximum absolute atomic E-state index is 12.8. The molecule has 1 unspecified atom stereocenters. The van der Waals surface area contributed by atoms with Crippen molar-refractivity contribution < 1.29 is 18.0 Å². The number of fused-ring (bicyclic) bond motifs is 1. The van der Waals surface area contributed by atoms with Crippen LogP contribution in [0.25, 0.3) is 0 Å². The van der Waals surface area contributed by atoms with E-state index in [1.807, 2.05) is 20.8 Å². The Morgan fingerprint density at radius 3 is 2.52 bits per heavy atom. The first-order chi connectivity index (χ1) is 13.6. The predicted octanol–water partition coefficient (Wildman–Crippen LogP) is 4.39. The Hall–Kier alpha value is -2.64. The Kier molecular flexibility index (Phi) is 6.10. The number of rotatable bonds is 5. The maximum atomic E-state index is 12.8. The molecule has 1 aliphatic rings. The van der Waals surface area contributed by atoms with E-state index in [4.69, 9.17) is 0 Å². The number of hydrogen-bond donors (Lipinski definition) is 1. The van der Waals surface area contributed by atoms with Gasteiger partial charge in [-0.25, -0.2) is 9.97 Å². The van der Waals surface area contributed by atoms with E-state index in [2.05, 4.69) is 15.3 Å². The highest BCUT2D eigenvalue weighted by Crippen LogP contribution is 2.31. The Balaban J connectivity index is 1.64. The fraction of sp³-hybridized carbons (Fsp3) is 0.476. The van der Waals surface area contributed by atoms with Crippen molar-refractivity contribution in [2.75, 3.05) is 11.9 Å². The summed E-state index contributed by atoms with van der Waals surface area (Å²) < 4.78 is 38.2. The van der Waals surface area contributed by atoms with Crippen molar-refractivity contribution in [3.63, 3.8) is 0 Å². The first-order valence-corrected chi connectivity index (χ1v) is 9.69. The molecule has 0 radical (unpaired) electrons. The SMILES string of the molecule is CC(C)Nc1ncc2c(n1)CN(C(=O)CC(C)c1ccc(C(F)(F)F)cc1)CC2. The molecule has 8 heteroatoms. The van der Waals surface area contributed by atoms with E-state index in [9.17, 15) is 18.0 Å². The van der Waals surface area contributed by atoms with Crippen LogP contribution in [0.4, 0.5) is 19.1 Å². The lowest BCUT2D eigenvalue weighted by molar-refractivity contribution is -0.137. The maximum Gasteiger partial charge on any atom is 0.416 e. The van der Waals surface area contributed by atoms with E-state index >= 15 is 0 Å². The van der Waals surface area contributed by atoms with Crippen LogP contribution in [0, 0.1) is 0 Å². The predicted molar refractivity (Wildman–Crippen MR) is 104 cm³/mol. The Morgan fingerprint density at radius 2 is 1.90 bits per heavy atom. The van der Waals surface area contributed by atoms with Crippen LogP contribution in [0.5, 0.6) is 0 Å². The average Bonchev–Trinajstić information content (AvgIpc) is 2.66. The summed E-state index contributed by atoms with van der Waals surface area (Å²) in [7, 11) is 0.